The van der Waals surface area contributed by atoms with E-state index < -0.39 is 0 Å². The molecule has 0 radical (unpaired) electrons. The number of carbonyl (C=O) groups excluding carboxylic acids is 1. The highest BCUT2D eigenvalue weighted by Crippen LogP contribution is 2.24. The third kappa shape index (κ3) is 5.14. The summed E-state index contributed by atoms with van der Waals surface area (Å²) in [4.78, 5) is 12.0. The lowest BCUT2D eigenvalue weighted by molar-refractivity contribution is -0.117. The number of methoxy groups -OCH3 is 1. The summed E-state index contributed by atoms with van der Waals surface area (Å²) in [6.07, 6.45) is 3.79. The Bertz CT molecular complexity index is 756. The summed E-state index contributed by atoms with van der Waals surface area (Å²) < 4.78 is 19.5. The largest absolute Gasteiger partial charge is 0.385 e. The fourth-order valence-corrected chi connectivity index (χ4v) is 2.61. The summed E-state index contributed by atoms with van der Waals surface area (Å²) >= 11 is 6.37. The van der Waals surface area contributed by atoms with Crippen molar-refractivity contribution in [3.8, 4) is 5.69 Å². The number of benzene rings is 1. The van der Waals surface area contributed by atoms with Gasteiger partial charge in [0.05, 0.1) is 11.4 Å². The molecule has 1 N–H and O–H groups in total. The van der Waals surface area contributed by atoms with Crippen LogP contribution in [0.4, 0.5) is 4.39 Å². The molecule has 134 valence electrons. The van der Waals surface area contributed by atoms with Gasteiger partial charge in [-0.25, -0.2) is 9.07 Å². The summed E-state index contributed by atoms with van der Waals surface area (Å²) in [7, 11) is 1.62. The van der Waals surface area contributed by atoms with Gasteiger partial charge in [-0.2, -0.15) is 5.10 Å². The quantitative estimate of drug-likeness (QED) is 0.764. The number of halogens is 2. The molecule has 2 rings (SSSR count). The maximum absolute atomic E-state index is 13.1. The van der Waals surface area contributed by atoms with Crippen molar-refractivity contribution in [3.63, 3.8) is 0 Å². The van der Waals surface area contributed by atoms with Gasteiger partial charge in [-0.1, -0.05) is 11.6 Å². The average Bonchev–Trinajstić information content (AvgIpc) is 2.86. The van der Waals surface area contributed by atoms with E-state index in [1.807, 2.05) is 6.92 Å². The minimum atomic E-state index is -0.330. The molecule has 1 aromatic heterocycles. The normalized spacial score (nSPS) is 12.5. The van der Waals surface area contributed by atoms with Crippen LogP contribution in [0.2, 0.25) is 5.15 Å². The predicted octanol–water partition coefficient (Wildman–Crippen LogP) is 3.53. The molecule has 0 fully saturated rings. The van der Waals surface area contributed by atoms with Crippen molar-refractivity contribution < 1.29 is 13.9 Å². The first-order valence-corrected chi connectivity index (χ1v) is 8.28. The second-order valence-electron chi connectivity index (χ2n) is 5.70. The first kappa shape index (κ1) is 19.1. The van der Waals surface area contributed by atoms with Gasteiger partial charge in [-0.15, -0.1) is 0 Å². The highest BCUT2D eigenvalue weighted by atomic mass is 35.5. The molecule has 25 heavy (non-hydrogen) atoms. The van der Waals surface area contributed by atoms with Crippen molar-refractivity contribution in [2.24, 2.45) is 0 Å². The smallest absolute Gasteiger partial charge is 0.244 e. The van der Waals surface area contributed by atoms with Crippen LogP contribution in [0.3, 0.4) is 0 Å². The highest BCUT2D eigenvalue weighted by molar-refractivity contribution is 6.31. The van der Waals surface area contributed by atoms with Crippen molar-refractivity contribution in [1.82, 2.24) is 15.1 Å². The summed E-state index contributed by atoms with van der Waals surface area (Å²) in [6.45, 7) is 4.29. The Labute approximate surface area is 151 Å². The van der Waals surface area contributed by atoms with Crippen molar-refractivity contribution in [1.29, 1.82) is 0 Å². The number of amides is 1. The summed E-state index contributed by atoms with van der Waals surface area (Å²) in [5, 5.41) is 7.56. The van der Waals surface area contributed by atoms with E-state index in [1.165, 1.54) is 22.9 Å². The van der Waals surface area contributed by atoms with Gasteiger partial charge < -0.3 is 10.1 Å². The van der Waals surface area contributed by atoms with Gasteiger partial charge in [0.2, 0.25) is 5.91 Å². The number of hydrogen-bond donors (Lipinski definition) is 1. The van der Waals surface area contributed by atoms with E-state index in [0.717, 1.165) is 6.42 Å². The van der Waals surface area contributed by atoms with Gasteiger partial charge in [0, 0.05) is 31.4 Å². The maximum atomic E-state index is 13.1. The zero-order chi connectivity index (χ0) is 18.4. The molecule has 0 aliphatic rings. The van der Waals surface area contributed by atoms with Crippen molar-refractivity contribution in [2.45, 2.75) is 26.3 Å². The molecule has 0 bridgehead atoms. The van der Waals surface area contributed by atoms with Crippen molar-refractivity contribution in [2.75, 3.05) is 13.7 Å². The van der Waals surface area contributed by atoms with Gasteiger partial charge in [0.1, 0.15) is 11.0 Å². The lowest BCUT2D eigenvalue weighted by atomic mass is 10.2. The maximum Gasteiger partial charge on any atom is 0.244 e. The molecule has 0 aliphatic carbocycles. The molecule has 0 saturated carbocycles. The fraction of sp³-hybridized carbons (Fsp3) is 0.333. The minimum absolute atomic E-state index is 0.00982. The van der Waals surface area contributed by atoms with Crippen LogP contribution in [0.1, 0.15) is 24.6 Å². The fourth-order valence-electron chi connectivity index (χ4n) is 2.27. The van der Waals surface area contributed by atoms with Gasteiger partial charge in [-0.3, -0.25) is 4.79 Å². The molecule has 0 aliphatic heterocycles. The first-order chi connectivity index (χ1) is 11.9. The molecule has 0 saturated heterocycles. The molecule has 0 spiro atoms. The van der Waals surface area contributed by atoms with Gasteiger partial charge in [-0.05, 0) is 50.6 Å². The van der Waals surface area contributed by atoms with Gasteiger partial charge in [0.15, 0.2) is 0 Å². The van der Waals surface area contributed by atoms with Crippen LogP contribution in [0.15, 0.2) is 30.3 Å². The molecule has 5 nitrogen and oxygen atoms in total. The van der Waals surface area contributed by atoms with E-state index in [2.05, 4.69) is 10.4 Å². The number of nitrogens with one attached hydrogen (secondary N) is 1. The lowest BCUT2D eigenvalue weighted by Gasteiger charge is -2.11. The Balaban J connectivity index is 2.12. The second-order valence-corrected chi connectivity index (χ2v) is 6.06. The van der Waals surface area contributed by atoms with E-state index in [-0.39, 0.29) is 17.8 Å². The number of hydrogen-bond acceptors (Lipinski definition) is 3. The van der Waals surface area contributed by atoms with E-state index >= 15 is 0 Å². The standard InChI is InChI=1S/C18H21ClFN3O2/c1-12(10-11-25-3)21-17(24)9-8-16-13(2)22-23(18(16)19)15-6-4-14(20)5-7-15/h4-9,12H,10-11H2,1-3H3,(H,21,24)/b9-8+. The lowest BCUT2D eigenvalue weighted by Crippen LogP contribution is -2.31. The number of nitrogens with zero attached hydrogens (tertiary/aromatic N) is 2. The number of rotatable bonds is 7. The third-order valence-electron chi connectivity index (χ3n) is 3.66. The van der Waals surface area contributed by atoms with Crippen LogP contribution < -0.4 is 5.32 Å². The molecule has 1 heterocycles. The monoisotopic (exact) mass is 365 g/mol. The molecule has 1 atom stereocenters. The number of ether oxygens (including phenoxy) is 1. The molecule has 1 unspecified atom stereocenters. The molecule has 1 amide bonds. The topological polar surface area (TPSA) is 56.1 Å². The minimum Gasteiger partial charge on any atom is -0.385 e. The predicted molar refractivity (Wildman–Crippen MR) is 96.4 cm³/mol. The molecule has 2 aromatic rings. The highest BCUT2D eigenvalue weighted by Gasteiger charge is 2.13. The average molecular weight is 366 g/mol. The van der Waals surface area contributed by atoms with Crippen LogP contribution in [-0.2, 0) is 9.53 Å². The molecule has 1 aromatic carbocycles. The SMILES string of the molecule is COCCC(C)NC(=O)/C=C/c1c(C)nn(-c2ccc(F)cc2)c1Cl. The summed E-state index contributed by atoms with van der Waals surface area (Å²) in [6, 6.07) is 5.87. The zero-order valence-electron chi connectivity index (χ0n) is 14.4. The Hall–Kier alpha value is -2.18. The molecular formula is C18H21ClFN3O2. The second kappa shape index (κ2) is 8.78. The van der Waals surface area contributed by atoms with Crippen LogP contribution in [0.5, 0.6) is 0 Å². The van der Waals surface area contributed by atoms with Gasteiger partial charge in [0.25, 0.3) is 0 Å². The van der Waals surface area contributed by atoms with Crippen LogP contribution in [-0.4, -0.2) is 35.4 Å². The summed E-state index contributed by atoms with van der Waals surface area (Å²) in [5.41, 5.74) is 1.96. The summed E-state index contributed by atoms with van der Waals surface area (Å²) in [5.74, 6) is -0.545. The van der Waals surface area contributed by atoms with E-state index in [9.17, 15) is 9.18 Å². The first-order valence-electron chi connectivity index (χ1n) is 7.91. The number of carbonyl (C=O) groups is 1. The number of aryl methyl sites for hydroxylation is 1. The van der Waals surface area contributed by atoms with Crippen LogP contribution in [0, 0.1) is 12.7 Å². The Morgan fingerprint density at radius 3 is 2.76 bits per heavy atom. The van der Waals surface area contributed by atoms with Crippen molar-refractivity contribution in [3.05, 3.63) is 52.6 Å². The Kier molecular flexibility index (Phi) is 6.73. The van der Waals surface area contributed by atoms with Crippen LogP contribution >= 0.6 is 11.6 Å². The third-order valence-corrected chi connectivity index (χ3v) is 4.03. The molecule has 7 heteroatoms. The number of aromatic nitrogens is 2. The van der Waals surface area contributed by atoms with Crippen molar-refractivity contribution >= 4 is 23.6 Å². The zero-order valence-corrected chi connectivity index (χ0v) is 15.2. The van der Waals surface area contributed by atoms with E-state index in [4.69, 9.17) is 16.3 Å². The van der Waals surface area contributed by atoms with E-state index in [0.29, 0.717) is 28.7 Å². The molecular weight excluding hydrogens is 345 g/mol. The van der Waals surface area contributed by atoms with Crippen LogP contribution in [0.25, 0.3) is 11.8 Å². The van der Waals surface area contributed by atoms with Gasteiger partial charge >= 0.3 is 0 Å². The Morgan fingerprint density at radius 2 is 2.12 bits per heavy atom. The Morgan fingerprint density at radius 1 is 1.44 bits per heavy atom. The van der Waals surface area contributed by atoms with E-state index in [1.54, 1.807) is 32.2 Å².